The highest BCUT2D eigenvalue weighted by atomic mass is 32.2. The second-order valence-electron chi connectivity index (χ2n) is 2.19. The first-order valence-corrected chi connectivity index (χ1v) is 3.92. The van der Waals surface area contributed by atoms with Gasteiger partial charge in [0.1, 0.15) is 0 Å². The molecule has 2 nitrogen and oxygen atoms in total. The van der Waals surface area contributed by atoms with Gasteiger partial charge in [-0.2, -0.15) is 0 Å². The molecule has 50 valence electrons. The summed E-state index contributed by atoms with van der Waals surface area (Å²) in [5.74, 6) is 0. The minimum Gasteiger partial charge on any atom is -0.219 e. The zero-order chi connectivity index (χ0) is 6.97. The van der Waals surface area contributed by atoms with Crippen LogP contribution in [0.5, 0.6) is 0 Å². The summed E-state index contributed by atoms with van der Waals surface area (Å²) in [5, 5.41) is 8.50. The van der Waals surface area contributed by atoms with E-state index in [-0.39, 0.29) is 0 Å². The minimum atomic E-state index is 0.890. The van der Waals surface area contributed by atoms with E-state index >= 15 is 0 Å². The lowest BCUT2D eigenvalue weighted by molar-refractivity contribution is -0.471. The third-order valence-electron chi connectivity index (χ3n) is 1.44. The van der Waals surface area contributed by atoms with Crippen molar-refractivity contribution in [2.45, 2.75) is 4.90 Å². The van der Waals surface area contributed by atoms with Crippen molar-refractivity contribution in [3.8, 4) is 0 Å². The smallest absolute Gasteiger partial charge is 0.219 e. The van der Waals surface area contributed by atoms with E-state index in [0.717, 1.165) is 5.17 Å². The van der Waals surface area contributed by atoms with Crippen LogP contribution in [0.4, 0.5) is 5.69 Å². The number of thioether (sulfide) groups is 1. The Balaban J connectivity index is 2.51. The fraction of sp³-hybridized carbons (Fsp3) is 0. The Labute approximate surface area is 63.1 Å². The van der Waals surface area contributed by atoms with Crippen LogP contribution >= 0.6 is 11.8 Å². The van der Waals surface area contributed by atoms with E-state index in [1.54, 1.807) is 11.8 Å². The summed E-state index contributed by atoms with van der Waals surface area (Å²) in [4.78, 5) is 1.26. The quantitative estimate of drug-likeness (QED) is 0.465. The first-order valence-electron chi connectivity index (χ1n) is 3.10. The zero-order valence-corrected chi connectivity index (χ0v) is 6.19. The molecule has 0 amide bonds. The summed E-state index contributed by atoms with van der Waals surface area (Å²) >= 11 is 1.63. The zero-order valence-electron chi connectivity index (χ0n) is 5.37. The molecule has 1 aliphatic rings. The van der Waals surface area contributed by atoms with Gasteiger partial charge in [-0.15, -0.1) is 0 Å². The van der Waals surface area contributed by atoms with Crippen LogP contribution in [-0.4, -0.2) is 5.17 Å². The molecule has 0 atom stereocenters. The molecule has 10 heavy (non-hydrogen) atoms. The van der Waals surface area contributed by atoms with Crippen LogP contribution < -0.4 is 10.7 Å². The molecule has 0 saturated carbocycles. The van der Waals surface area contributed by atoms with Crippen LogP contribution in [0.2, 0.25) is 0 Å². The fourth-order valence-corrected chi connectivity index (χ4v) is 1.83. The van der Waals surface area contributed by atoms with Crippen LogP contribution in [0, 0.1) is 0 Å². The highest BCUT2D eigenvalue weighted by molar-refractivity contribution is 8.13. The van der Waals surface area contributed by atoms with Crippen molar-refractivity contribution in [3.05, 3.63) is 24.3 Å². The lowest BCUT2D eigenvalue weighted by Gasteiger charge is -1.85. The molecule has 0 spiro atoms. The third-order valence-corrected chi connectivity index (χ3v) is 2.39. The molecule has 1 heterocycles. The maximum absolute atomic E-state index is 5.61. The monoisotopic (exact) mass is 152 g/mol. The number of hydrogen-bond donors (Lipinski definition) is 2. The molecule has 3 heteroatoms. The summed E-state index contributed by atoms with van der Waals surface area (Å²) in [7, 11) is 0. The lowest BCUT2D eigenvalue weighted by atomic mass is 10.3. The summed E-state index contributed by atoms with van der Waals surface area (Å²) < 4.78 is 0. The maximum Gasteiger partial charge on any atom is 0.404 e. The van der Waals surface area contributed by atoms with E-state index in [9.17, 15) is 0 Å². The van der Waals surface area contributed by atoms with Gasteiger partial charge >= 0.3 is 5.17 Å². The normalized spacial score (nSPS) is 15.4. The van der Waals surface area contributed by atoms with E-state index in [1.165, 1.54) is 10.6 Å². The minimum absolute atomic E-state index is 0.890. The molecule has 1 aromatic carbocycles. The molecule has 0 aliphatic carbocycles. The molecular weight excluding hydrogens is 144 g/mol. The number of nitrogens with two attached hydrogens (primary N) is 2. The molecule has 0 aromatic heterocycles. The fourth-order valence-electron chi connectivity index (χ4n) is 1.00. The number of rotatable bonds is 0. The second kappa shape index (κ2) is 2.11. The Bertz CT molecular complexity index is 256. The molecular formula is C7H8N2S+2. The van der Waals surface area contributed by atoms with E-state index in [4.69, 9.17) is 5.41 Å². The van der Waals surface area contributed by atoms with E-state index < -0.39 is 0 Å². The molecule has 0 unspecified atom stereocenters. The van der Waals surface area contributed by atoms with Crippen LogP contribution in [0.3, 0.4) is 0 Å². The van der Waals surface area contributed by atoms with Gasteiger partial charge in [-0.3, -0.25) is 0 Å². The van der Waals surface area contributed by atoms with Crippen molar-refractivity contribution in [1.29, 1.82) is 0 Å². The molecule has 0 fully saturated rings. The molecule has 0 saturated heterocycles. The summed E-state index contributed by atoms with van der Waals surface area (Å²) in [5.41, 5.74) is 1.24. The van der Waals surface area contributed by atoms with Crippen LogP contribution in [-0.2, 0) is 0 Å². The molecule has 1 aromatic rings. The number of para-hydroxylation sites is 1. The van der Waals surface area contributed by atoms with Gasteiger partial charge < -0.3 is 0 Å². The Morgan fingerprint density at radius 2 is 2.10 bits per heavy atom. The van der Waals surface area contributed by atoms with Gasteiger partial charge in [0.05, 0.1) is 4.90 Å². The number of quaternary nitrogens is 1. The van der Waals surface area contributed by atoms with Gasteiger partial charge in [-0.25, -0.2) is 10.7 Å². The highest BCUT2D eigenvalue weighted by Gasteiger charge is 2.24. The Hall–Kier alpha value is -0.800. The van der Waals surface area contributed by atoms with Gasteiger partial charge in [-0.1, -0.05) is 12.1 Å². The number of fused-ring (bicyclic) bond motifs is 1. The molecule has 0 bridgehead atoms. The first kappa shape index (κ1) is 5.95. The van der Waals surface area contributed by atoms with Gasteiger partial charge in [0.25, 0.3) is 0 Å². The van der Waals surface area contributed by atoms with E-state index in [2.05, 4.69) is 12.1 Å². The number of hydrogen-bond acceptors (Lipinski definition) is 1. The highest BCUT2D eigenvalue weighted by Crippen LogP contribution is 2.26. The number of benzene rings is 1. The maximum atomic E-state index is 5.61. The standard InChI is InChI=1S/C7H6N2S/c8-7-9-5-3-1-2-4-6(5)10-7/h1-4H,(H2,8,9)/p+2. The van der Waals surface area contributed by atoms with Crippen molar-refractivity contribution < 1.29 is 10.7 Å². The van der Waals surface area contributed by atoms with Crippen molar-refractivity contribution in [1.82, 2.24) is 0 Å². The predicted molar refractivity (Wildman–Crippen MR) is 40.8 cm³/mol. The van der Waals surface area contributed by atoms with Gasteiger partial charge in [0, 0.05) is 17.8 Å². The first-order chi connectivity index (χ1) is 4.86. The molecule has 4 N–H and O–H groups in total. The average molecular weight is 152 g/mol. The Morgan fingerprint density at radius 1 is 1.30 bits per heavy atom. The van der Waals surface area contributed by atoms with Gasteiger partial charge in [0.15, 0.2) is 5.69 Å². The third kappa shape index (κ3) is 0.836. The average Bonchev–Trinajstić information content (AvgIpc) is 2.27. The predicted octanol–water partition coefficient (Wildman–Crippen LogP) is -0.898. The van der Waals surface area contributed by atoms with Gasteiger partial charge in [-0.05, 0) is 6.07 Å². The van der Waals surface area contributed by atoms with E-state index in [1.807, 2.05) is 17.4 Å². The van der Waals surface area contributed by atoms with Crippen molar-refractivity contribution in [3.63, 3.8) is 0 Å². The Kier molecular flexibility index (Phi) is 1.25. The van der Waals surface area contributed by atoms with Crippen molar-refractivity contribution in [2.24, 2.45) is 0 Å². The second-order valence-corrected chi connectivity index (χ2v) is 3.30. The SMILES string of the molecule is [NH2+]=C1[NH2+]c2ccccc2S1. The molecule has 0 radical (unpaired) electrons. The van der Waals surface area contributed by atoms with Crippen LogP contribution in [0.25, 0.3) is 0 Å². The lowest BCUT2D eigenvalue weighted by Crippen LogP contribution is -2.85. The Morgan fingerprint density at radius 3 is 2.90 bits per heavy atom. The largest absolute Gasteiger partial charge is 0.404 e. The van der Waals surface area contributed by atoms with Gasteiger partial charge in [0.2, 0.25) is 0 Å². The topological polar surface area (TPSA) is 42.2 Å². The molecule has 2 rings (SSSR count). The van der Waals surface area contributed by atoms with Crippen molar-refractivity contribution >= 4 is 22.6 Å². The van der Waals surface area contributed by atoms with Crippen molar-refractivity contribution in [2.75, 3.05) is 0 Å². The summed E-state index contributed by atoms with van der Waals surface area (Å²) in [6.45, 7) is 0. The van der Waals surface area contributed by atoms with Crippen LogP contribution in [0.15, 0.2) is 29.2 Å². The number of amidine groups is 1. The molecule has 1 aliphatic heterocycles. The van der Waals surface area contributed by atoms with E-state index in [0.29, 0.717) is 0 Å². The summed E-state index contributed by atoms with van der Waals surface area (Å²) in [6, 6.07) is 8.20. The summed E-state index contributed by atoms with van der Waals surface area (Å²) in [6.07, 6.45) is 0. The van der Waals surface area contributed by atoms with Crippen LogP contribution in [0.1, 0.15) is 0 Å².